The lowest BCUT2D eigenvalue weighted by atomic mass is 9.96. The molecule has 1 atom stereocenters. The Bertz CT molecular complexity index is 999. The van der Waals surface area contributed by atoms with Gasteiger partial charge in [0.05, 0.1) is 11.0 Å². The summed E-state index contributed by atoms with van der Waals surface area (Å²) in [4.78, 5) is 39.0. The number of imidazole rings is 1. The van der Waals surface area contributed by atoms with Crippen LogP contribution in [-0.4, -0.2) is 49.3 Å². The first kappa shape index (κ1) is 17.1. The van der Waals surface area contributed by atoms with E-state index in [0.29, 0.717) is 24.2 Å². The molecule has 0 bridgehead atoms. The number of hydrogen-bond acceptors (Lipinski definition) is 5. The van der Waals surface area contributed by atoms with E-state index < -0.39 is 5.91 Å². The van der Waals surface area contributed by atoms with Crippen molar-refractivity contribution in [2.45, 2.75) is 25.3 Å². The number of carbonyl (C=O) groups is 2. The van der Waals surface area contributed by atoms with E-state index in [-0.39, 0.29) is 18.4 Å². The van der Waals surface area contributed by atoms with Crippen molar-refractivity contribution in [3.05, 3.63) is 54.4 Å². The van der Waals surface area contributed by atoms with Gasteiger partial charge in [0.2, 0.25) is 5.91 Å². The Morgan fingerprint density at radius 1 is 1.11 bits per heavy atom. The topological polar surface area (TPSA) is 107 Å². The third-order valence-corrected chi connectivity index (χ3v) is 4.86. The summed E-state index contributed by atoms with van der Waals surface area (Å²) < 4.78 is 1.77. The van der Waals surface area contributed by atoms with Crippen molar-refractivity contribution >= 4 is 22.8 Å². The maximum Gasteiger partial charge on any atom is 0.253 e. The molecular formula is C19H20N6O2. The molecule has 3 aromatic rings. The van der Waals surface area contributed by atoms with Gasteiger partial charge in [-0.15, -0.1) is 0 Å². The number of fused-ring (bicyclic) bond motifs is 1. The van der Waals surface area contributed by atoms with Gasteiger partial charge in [0.1, 0.15) is 12.4 Å². The highest BCUT2D eigenvalue weighted by atomic mass is 16.2. The Kier molecular flexibility index (Phi) is 4.53. The molecule has 2 aromatic heterocycles. The number of amides is 2. The molecule has 2 N–H and O–H groups in total. The Morgan fingerprint density at radius 2 is 1.93 bits per heavy atom. The minimum absolute atomic E-state index is 0.0275. The highest BCUT2D eigenvalue weighted by molar-refractivity contribution is 5.97. The van der Waals surface area contributed by atoms with Gasteiger partial charge >= 0.3 is 0 Å². The van der Waals surface area contributed by atoms with Crippen molar-refractivity contribution < 1.29 is 9.59 Å². The second kappa shape index (κ2) is 7.14. The van der Waals surface area contributed by atoms with E-state index in [1.165, 1.54) is 0 Å². The molecule has 8 heteroatoms. The Morgan fingerprint density at radius 3 is 2.74 bits per heavy atom. The van der Waals surface area contributed by atoms with Gasteiger partial charge in [0, 0.05) is 49.4 Å². The molecule has 2 amide bonds. The number of aromatic nitrogens is 4. The standard InChI is InChI=1S/C19H20N6O2/c20-17(26)12-24-9-7-23-18(24)14-2-1-8-25(11-14)19(27)13-3-4-15-16(10-13)22-6-5-21-15/h3-7,9-10,14H,1-2,8,11-12H2,(H2,20,26). The van der Waals surface area contributed by atoms with Crippen LogP contribution in [0.1, 0.15) is 34.9 Å². The fourth-order valence-electron chi connectivity index (χ4n) is 3.63. The Balaban J connectivity index is 1.54. The maximum absolute atomic E-state index is 13.0. The van der Waals surface area contributed by atoms with Gasteiger partial charge in [-0.2, -0.15) is 0 Å². The molecule has 0 saturated carbocycles. The third-order valence-electron chi connectivity index (χ3n) is 4.86. The van der Waals surface area contributed by atoms with Crippen LogP contribution in [-0.2, 0) is 11.3 Å². The molecule has 0 aliphatic carbocycles. The fraction of sp³-hybridized carbons (Fsp3) is 0.316. The molecule has 3 heterocycles. The number of primary amides is 1. The molecule has 1 aliphatic heterocycles. The molecule has 138 valence electrons. The minimum Gasteiger partial charge on any atom is -0.368 e. The SMILES string of the molecule is NC(=O)Cn1ccnc1C1CCCN(C(=O)c2ccc3nccnc3c2)C1. The molecule has 0 spiro atoms. The number of nitrogens with zero attached hydrogens (tertiary/aromatic N) is 5. The first-order chi connectivity index (χ1) is 13.1. The van der Waals surface area contributed by atoms with E-state index in [0.717, 1.165) is 24.2 Å². The lowest BCUT2D eigenvalue weighted by Gasteiger charge is -2.32. The van der Waals surface area contributed by atoms with Crippen LogP contribution >= 0.6 is 0 Å². The molecule has 1 unspecified atom stereocenters. The highest BCUT2D eigenvalue weighted by Gasteiger charge is 2.28. The van der Waals surface area contributed by atoms with Gasteiger partial charge in [0.15, 0.2) is 0 Å². The summed E-state index contributed by atoms with van der Waals surface area (Å²) in [5.74, 6) is 0.448. The monoisotopic (exact) mass is 364 g/mol. The number of nitrogens with two attached hydrogens (primary N) is 1. The fourth-order valence-corrected chi connectivity index (χ4v) is 3.63. The second-order valence-electron chi connectivity index (χ2n) is 6.73. The van der Waals surface area contributed by atoms with Crippen molar-refractivity contribution in [3.63, 3.8) is 0 Å². The van der Waals surface area contributed by atoms with Crippen molar-refractivity contribution in [2.75, 3.05) is 13.1 Å². The normalized spacial score (nSPS) is 17.2. The van der Waals surface area contributed by atoms with Gasteiger partial charge in [-0.3, -0.25) is 19.6 Å². The molecule has 1 saturated heterocycles. The van der Waals surface area contributed by atoms with E-state index in [4.69, 9.17) is 5.73 Å². The number of carbonyl (C=O) groups excluding carboxylic acids is 2. The predicted molar refractivity (Wildman–Crippen MR) is 98.8 cm³/mol. The average molecular weight is 364 g/mol. The van der Waals surface area contributed by atoms with Gasteiger partial charge < -0.3 is 15.2 Å². The van der Waals surface area contributed by atoms with Crippen LogP contribution < -0.4 is 5.73 Å². The van der Waals surface area contributed by atoms with Crippen LogP contribution in [0.2, 0.25) is 0 Å². The summed E-state index contributed by atoms with van der Waals surface area (Å²) in [6.07, 6.45) is 8.47. The van der Waals surface area contributed by atoms with E-state index in [2.05, 4.69) is 15.0 Å². The number of piperidine rings is 1. The summed E-state index contributed by atoms with van der Waals surface area (Å²) in [6.45, 7) is 1.36. The van der Waals surface area contributed by atoms with Gasteiger partial charge in [-0.05, 0) is 31.0 Å². The second-order valence-corrected chi connectivity index (χ2v) is 6.73. The molecule has 1 aliphatic rings. The number of benzene rings is 1. The third kappa shape index (κ3) is 3.51. The summed E-state index contributed by atoms with van der Waals surface area (Å²) in [7, 11) is 0. The van der Waals surface area contributed by atoms with E-state index in [1.54, 1.807) is 41.5 Å². The van der Waals surface area contributed by atoms with E-state index >= 15 is 0 Å². The first-order valence-corrected chi connectivity index (χ1v) is 8.91. The molecule has 27 heavy (non-hydrogen) atoms. The zero-order chi connectivity index (χ0) is 18.8. The zero-order valence-corrected chi connectivity index (χ0v) is 14.8. The summed E-state index contributed by atoms with van der Waals surface area (Å²) in [6, 6.07) is 5.38. The van der Waals surface area contributed by atoms with Gasteiger partial charge in [0.25, 0.3) is 5.91 Å². The smallest absolute Gasteiger partial charge is 0.253 e. The number of likely N-dealkylation sites (tertiary alicyclic amines) is 1. The van der Waals surface area contributed by atoms with Crippen molar-refractivity contribution in [2.24, 2.45) is 5.73 Å². The van der Waals surface area contributed by atoms with E-state index in [9.17, 15) is 9.59 Å². The lowest BCUT2D eigenvalue weighted by molar-refractivity contribution is -0.118. The Hall–Kier alpha value is -3.29. The lowest BCUT2D eigenvalue weighted by Crippen LogP contribution is -2.40. The molecule has 0 radical (unpaired) electrons. The average Bonchev–Trinajstić information content (AvgIpc) is 3.14. The predicted octanol–water partition coefficient (Wildman–Crippen LogP) is 1.33. The molecule has 1 fully saturated rings. The van der Waals surface area contributed by atoms with Crippen LogP contribution in [0.25, 0.3) is 11.0 Å². The van der Waals surface area contributed by atoms with E-state index in [1.807, 2.05) is 11.0 Å². The van der Waals surface area contributed by atoms with Crippen LogP contribution in [0, 0.1) is 0 Å². The molecule has 1 aromatic carbocycles. The van der Waals surface area contributed by atoms with Crippen LogP contribution in [0.3, 0.4) is 0 Å². The summed E-state index contributed by atoms with van der Waals surface area (Å²) in [5.41, 5.74) is 7.38. The molecule has 8 nitrogen and oxygen atoms in total. The number of hydrogen-bond donors (Lipinski definition) is 1. The van der Waals surface area contributed by atoms with Crippen LogP contribution in [0.4, 0.5) is 0 Å². The minimum atomic E-state index is -0.407. The molecule has 4 rings (SSSR count). The maximum atomic E-state index is 13.0. The van der Waals surface area contributed by atoms with Crippen molar-refractivity contribution in [1.29, 1.82) is 0 Å². The van der Waals surface area contributed by atoms with Crippen LogP contribution in [0.15, 0.2) is 43.0 Å². The van der Waals surface area contributed by atoms with Crippen molar-refractivity contribution in [1.82, 2.24) is 24.4 Å². The van der Waals surface area contributed by atoms with Crippen LogP contribution in [0.5, 0.6) is 0 Å². The molecular weight excluding hydrogens is 344 g/mol. The Labute approximate surface area is 156 Å². The van der Waals surface area contributed by atoms with Gasteiger partial charge in [-0.1, -0.05) is 0 Å². The van der Waals surface area contributed by atoms with Gasteiger partial charge in [-0.25, -0.2) is 4.98 Å². The summed E-state index contributed by atoms with van der Waals surface area (Å²) in [5, 5.41) is 0. The zero-order valence-electron chi connectivity index (χ0n) is 14.8. The largest absolute Gasteiger partial charge is 0.368 e. The highest BCUT2D eigenvalue weighted by Crippen LogP contribution is 2.27. The number of rotatable bonds is 4. The van der Waals surface area contributed by atoms with Crippen molar-refractivity contribution in [3.8, 4) is 0 Å². The quantitative estimate of drug-likeness (QED) is 0.751. The summed E-state index contributed by atoms with van der Waals surface area (Å²) >= 11 is 0. The first-order valence-electron chi connectivity index (χ1n) is 8.91.